The van der Waals surface area contributed by atoms with Gasteiger partial charge in [0.15, 0.2) is 0 Å². The maximum absolute atomic E-state index is 5.97. The molecule has 130 valence electrons. The maximum atomic E-state index is 5.97. The first kappa shape index (κ1) is 21.1. The van der Waals surface area contributed by atoms with E-state index in [1.54, 1.807) is 0 Å². The van der Waals surface area contributed by atoms with Crippen molar-refractivity contribution in [1.29, 1.82) is 0 Å². The molecular formula is C18H34B4O2. The molecule has 0 aromatic heterocycles. The van der Waals surface area contributed by atoms with Gasteiger partial charge >= 0.3 is 0 Å². The third kappa shape index (κ3) is 8.80. The highest BCUT2D eigenvalue weighted by atomic mass is 16.5. The van der Waals surface area contributed by atoms with E-state index in [4.69, 9.17) is 9.47 Å². The van der Waals surface area contributed by atoms with Gasteiger partial charge in [0, 0.05) is 0 Å². The van der Waals surface area contributed by atoms with E-state index in [0.717, 1.165) is 37.6 Å². The SMILES string of the molecule is BCCCCCCOc1cc(B)c(OCCCCCCB)cc1B. The summed E-state index contributed by atoms with van der Waals surface area (Å²) < 4.78 is 11.9. The molecule has 0 atom stereocenters. The summed E-state index contributed by atoms with van der Waals surface area (Å²) >= 11 is 0. The third-order valence-electron chi connectivity index (χ3n) is 4.48. The molecule has 24 heavy (non-hydrogen) atoms. The molecule has 0 amide bonds. The van der Waals surface area contributed by atoms with Crippen molar-refractivity contribution < 1.29 is 9.47 Å². The lowest BCUT2D eigenvalue weighted by atomic mass is 9.87. The summed E-state index contributed by atoms with van der Waals surface area (Å²) in [6.07, 6.45) is 12.7. The summed E-state index contributed by atoms with van der Waals surface area (Å²) in [6.45, 7) is 1.64. The smallest absolute Gasteiger partial charge is 0.144 e. The largest absolute Gasteiger partial charge is 0.494 e. The highest BCUT2D eigenvalue weighted by Crippen LogP contribution is 2.14. The normalized spacial score (nSPS) is 10.7. The van der Waals surface area contributed by atoms with Crippen LogP contribution in [-0.4, -0.2) is 44.6 Å². The van der Waals surface area contributed by atoms with Crippen LogP contribution in [0.15, 0.2) is 12.1 Å². The molecule has 1 aromatic carbocycles. The van der Waals surface area contributed by atoms with Gasteiger partial charge in [0.25, 0.3) is 0 Å². The average Bonchev–Trinajstić information content (AvgIpc) is 2.57. The lowest BCUT2D eigenvalue weighted by Crippen LogP contribution is -2.19. The molecule has 0 fully saturated rings. The minimum atomic E-state index is 0.821. The minimum Gasteiger partial charge on any atom is -0.494 e. The molecule has 0 saturated heterocycles. The molecule has 0 bridgehead atoms. The van der Waals surface area contributed by atoms with Crippen LogP contribution >= 0.6 is 0 Å². The van der Waals surface area contributed by atoms with Crippen LogP contribution in [0, 0.1) is 0 Å². The number of hydrogen-bond acceptors (Lipinski definition) is 2. The highest BCUT2D eigenvalue weighted by molar-refractivity contribution is 6.38. The van der Waals surface area contributed by atoms with Crippen LogP contribution in [-0.2, 0) is 0 Å². The topological polar surface area (TPSA) is 18.5 Å². The summed E-state index contributed by atoms with van der Waals surface area (Å²) in [5.41, 5.74) is 2.35. The minimum absolute atomic E-state index is 0.821. The van der Waals surface area contributed by atoms with Gasteiger partial charge in [-0.05, 0) is 35.9 Å². The molecule has 0 radical (unpaired) electrons. The van der Waals surface area contributed by atoms with Gasteiger partial charge in [0.2, 0.25) is 0 Å². The fourth-order valence-corrected chi connectivity index (χ4v) is 2.85. The van der Waals surface area contributed by atoms with Crippen LogP contribution in [0.3, 0.4) is 0 Å². The molecule has 0 aliphatic carbocycles. The van der Waals surface area contributed by atoms with Crippen LogP contribution in [0.5, 0.6) is 11.5 Å². The van der Waals surface area contributed by atoms with Gasteiger partial charge in [-0.2, -0.15) is 0 Å². The van der Waals surface area contributed by atoms with Gasteiger partial charge in [-0.3, -0.25) is 0 Å². The van der Waals surface area contributed by atoms with Gasteiger partial charge in [0.1, 0.15) is 42.9 Å². The van der Waals surface area contributed by atoms with Crippen molar-refractivity contribution in [3.05, 3.63) is 12.1 Å². The van der Waals surface area contributed by atoms with Gasteiger partial charge < -0.3 is 9.47 Å². The van der Waals surface area contributed by atoms with Crippen LogP contribution in [0.1, 0.15) is 51.4 Å². The number of hydrogen-bond donors (Lipinski definition) is 0. The quantitative estimate of drug-likeness (QED) is 0.359. The molecule has 0 aliphatic rings. The standard InChI is InChI=1S/C18H34B4O2/c19-9-5-1-3-7-11-23-17-13-16(22)18(14-15(17)21)24-12-8-4-2-6-10-20/h13-14H,1-12,19-22H2. The van der Waals surface area contributed by atoms with Gasteiger partial charge in [0.05, 0.1) is 13.2 Å². The van der Waals surface area contributed by atoms with E-state index in [-0.39, 0.29) is 0 Å². The fraction of sp³-hybridized carbons (Fsp3) is 0.667. The molecule has 0 unspecified atom stereocenters. The molecular weight excluding hydrogens is 291 g/mol. The van der Waals surface area contributed by atoms with Crippen molar-refractivity contribution in [2.24, 2.45) is 0 Å². The van der Waals surface area contributed by atoms with Crippen LogP contribution < -0.4 is 20.4 Å². The first-order valence-electron chi connectivity index (χ1n) is 10.1. The van der Waals surface area contributed by atoms with E-state index >= 15 is 0 Å². The molecule has 0 aliphatic heterocycles. The van der Waals surface area contributed by atoms with Crippen molar-refractivity contribution in [3.8, 4) is 11.5 Å². The van der Waals surface area contributed by atoms with Crippen molar-refractivity contribution in [3.63, 3.8) is 0 Å². The molecule has 6 heteroatoms. The summed E-state index contributed by atoms with van der Waals surface area (Å²) in [4.78, 5) is 0. The second-order valence-corrected chi connectivity index (χ2v) is 6.91. The molecule has 0 saturated carbocycles. The number of rotatable bonds is 14. The zero-order valence-electron chi connectivity index (χ0n) is 16.5. The summed E-state index contributed by atoms with van der Waals surface area (Å²) in [6, 6.07) is 4.27. The number of unbranched alkanes of at least 4 members (excludes halogenated alkanes) is 6. The molecule has 0 spiro atoms. The molecule has 2 nitrogen and oxygen atoms in total. The van der Waals surface area contributed by atoms with Gasteiger partial charge in [-0.25, -0.2) is 0 Å². The van der Waals surface area contributed by atoms with Crippen LogP contribution in [0.25, 0.3) is 0 Å². The molecule has 1 rings (SSSR count). The number of ether oxygens (including phenoxy) is 2. The summed E-state index contributed by atoms with van der Waals surface area (Å²) in [7, 11) is 8.72. The first-order chi connectivity index (χ1) is 11.7. The predicted molar refractivity (Wildman–Crippen MR) is 117 cm³/mol. The van der Waals surface area contributed by atoms with Crippen molar-refractivity contribution >= 4 is 42.3 Å². The van der Waals surface area contributed by atoms with E-state index in [1.165, 1.54) is 62.1 Å². The zero-order valence-corrected chi connectivity index (χ0v) is 16.5. The van der Waals surface area contributed by atoms with E-state index in [2.05, 4.69) is 43.5 Å². The highest BCUT2D eigenvalue weighted by Gasteiger charge is 2.06. The fourth-order valence-electron chi connectivity index (χ4n) is 2.85. The Labute approximate surface area is 153 Å². The Hall–Kier alpha value is -0.920. The number of benzene rings is 1. The average molecular weight is 326 g/mol. The van der Waals surface area contributed by atoms with E-state index in [0.29, 0.717) is 0 Å². The van der Waals surface area contributed by atoms with Crippen LogP contribution in [0.4, 0.5) is 0 Å². The van der Waals surface area contributed by atoms with Crippen molar-refractivity contribution in [2.75, 3.05) is 13.2 Å². The predicted octanol–water partition coefficient (Wildman–Crippen LogP) is 0.185. The second-order valence-electron chi connectivity index (χ2n) is 6.91. The zero-order chi connectivity index (χ0) is 17.6. The van der Waals surface area contributed by atoms with Crippen molar-refractivity contribution in [1.82, 2.24) is 0 Å². The molecule has 1 aromatic rings. The van der Waals surface area contributed by atoms with Crippen molar-refractivity contribution in [2.45, 2.75) is 64.0 Å². The molecule has 0 heterocycles. The molecule has 0 N–H and O–H groups in total. The Morgan fingerprint density at radius 1 is 0.583 bits per heavy atom. The lowest BCUT2D eigenvalue weighted by molar-refractivity contribution is 0.301. The first-order valence-corrected chi connectivity index (χ1v) is 10.1. The second kappa shape index (κ2) is 13.4. The third-order valence-corrected chi connectivity index (χ3v) is 4.48. The summed E-state index contributed by atoms with van der Waals surface area (Å²) in [5, 5.41) is 0. The monoisotopic (exact) mass is 326 g/mol. The van der Waals surface area contributed by atoms with E-state index in [1.807, 2.05) is 0 Å². The van der Waals surface area contributed by atoms with E-state index in [9.17, 15) is 0 Å². The Bertz CT molecular complexity index is 413. The van der Waals surface area contributed by atoms with Gasteiger partial charge in [-0.1, -0.05) is 51.2 Å². The lowest BCUT2D eigenvalue weighted by Gasteiger charge is -2.15. The Kier molecular flexibility index (Phi) is 11.8. The van der Waals surface area contributed by atoms with E-state index < -0.39 is 0 Å². The summed E-state index contributed by atoms with van der Waals surface area (Å²) in [5.74, 6) is 2.02. The Balaban J connectivity index is 2.33. The Morgan fingerprint density at radius 2 is 0.958 bits per heavy atom. The van der Waals surface area contributed by atoms with Crippen LogP contribution in [0.2, 0.25) is 12.6 Å². The van der Waals surface area contributed by atoms with Gasteiger partial charge in [-0.15, -0.1) is 0 Å². The maximum Gasteiger partial charge on any atom is 0.144 e. The Morgan fingerprint density at radius 3 is 1.33 bits per heavy atom.